The summed E-state index contributed by atoms with van der Waals surface area (Å²) in [6.45, 7) is 1.38. The van der Waals surface area contributed by atoms with Gasteiger partial charge in [0.05, 0.1) is 19.4 Å². The molecule has 1 aliphatic rings. The monoisotopic (exact) mass is 310 g/mol. The quantitative estimate of drug-likeness (QED) is 0.695. The van der Waals surface area contributed by atoms with E-state index in [1.165, 1.54) is 12.5 Å². The molecular formula is C16H26N2O4. The standard InChI is InChI=1S/C16H26N2O4/c19-8-6-17(7-9-20)11-14-10-15(21)16(22)12-18(14)13-4-2-1-3-5-13/h10,12-13,19-20,22H,1-9,11H2. The average Bonchev–Trinajstić information content (AvgIpc) is 2.52. The van der Waals surface area contributed by atoms with Gasteiger partial charge in [-0.25, -0.2) is 0 Å². The molecule has 6 heteroatoms. The van der Waals surface area contributed by atoms with Gasteiger partial charge in [-0.1, -0.05) is 19.3 Å². The summed E-state index contributed by atoms with van der Waals surface area (Å²) in [5.41, 5.74) is 0.451. The predicted molar refractivity (Wildman–Crippen MR) is 83.9 cm³/mol. The highest BCUT2D eigenvalue weighted by atomic mass is 16.3. The first-order valence-corrected chi connectivity index (χ1v) is 8.03. The van der Waals surface area contributed by atoms with E-state index in [2.05, 4.69) is 0 Å². The van der Waals surface area contributed by atoms with Crippen LogP contribution in [-0.2, 0) is 6.54 Å². The van der Waals surface area contributed by atoms with E-state index >= 15 is 0 Å². The van der Waals surface area contributed by atoms with E-state index < -0.39 is 0 Å². The van der Waals surface area contributed by atoms with Gasteiger partial charge in [-0.3, -0.25) is 9.69 Å². The molecule has 0 aromatic carbocycles. The Balaban J connectivity index is 2.27. The molecule has 0 bridgehead atoms. The Hall–Kier alpha value is -1.37. The first kappa shape index (κ1) is 17.0. The van der Waals surface area contributed by atoms with Crippen LogP contribution in [0.15, 0.2) is 17.1 Å². The Labute approximate surface area is 130 Å². The zero-order valence-corrected chi connectivity index (χ0v) is 12.9. The van der Waals surface area contributed by atoms with Crippen LogP contribution in [0.5, 0.6) is 5.75 Å². The lowest BCUT2D eigenvalue weighted by Gasteiger charge is -2.29. The Bertz CT molecular complexity index is 517. The van der Waals surface area contributed by atoms with Crippen LogP contribution in [0.4, 0.5) is 0 Å². The number of aromatic hydroxyl groups is 1. The smallest absolute Gasteiger partial charge is 0.223 e. The molecule has 0 unspecified atom stereocenters. The third-order valence-corrected chi connectivity index (χ3v) is 4.33. The highest BCUT2D eigenvalue weighted by molar-refractivity contribution is 5.21. The van der Waals surface area contributed by atoms with Crippen molar-refractivity contribution in [3.63, 3.8) is 0 Å². The second-order valence-corrected chi connectivity index (χ2v) is 5.94. The molecular weight excluding hydrogens is 284 g/mol. The van der Waals surface area contributed by atoms with Crippen LogP contribution in [0.1, 0.15) is 43.8 Å². The van der Waals surface area contributed by atoms with Crippen molar-refractivity contribution < 1.29 is 15.3 Å². The molecule has 124 valence electrons. The molecule has 1 saturated carbocycles. The van der Waals surface area contributed by atoms with Gasteiger partial charge >= 0.3 is 0 Å². The van der Waals surface area contributed by atoms with Gasteiger partial charge in [0.25, 0.3) is 0 Å². The number of aromatic nitrogens is 1. The van der Waals surface area contributed by atoms with Crippen LogP contribution in [0.25, 0.3) is 0 Å². The fraction of sp³-hybridized carbons (Fsp3) is 0.688. The summed E-state index contributed by atoms with van der Waals surface area (Å²) in [6.07, 6.45) is 7.20. The summed E-state index contributed by atoms with van der Waals surface area (Å²) in [7, 11) is 0. The number of hydrogen-bond acceptors (Lipinski definition) is 5. The van der Waals surface area contributed by atoms with Crippen molar-refractivity contribution in [1.82, 2.24) is 9.47 Å². The Morgan fingerprint density at radius 1 is 1.14 bits per heavy atom. The van der Waals surface area contributed by atoms with Gasteiger partial charge < -0.3 is 19.9 Å². The highest BCUT2D eigenvalue weighted by Crippen LogP contribution is 2.29. The van der Waals surface area contributed by atoms with Crippen LogP contribution in [-0.4, -0.2) is 51.1 Å². The van der Waals surface area contributed by atoms with E-state index in [9.17, 15) is 9.90 Å². The molecule has 0 spiro atoms. The number of aliphatic hydroxyl groups is 2. The fourth-order valence-corrected chi connectivity index (χ4v) is 3.19. The molecule has 6 nitrogen and oxygen atoms in total. The van der Waals surface area contributed by atoms with Gasteiger partial charge in [0.1, 0.15) is 0 Å². The molecule has 0 aliphatic heterocycles. The van der Waals surface area contributed by atoms with Gasteiger partial charge in [-0.05, 0) is 12.8 Å². The zero-order chi connectivity index (χ0) is 15.9. The summed E-state index contributed by atoms with van der Waals surface area (Å²) < 4.78 is 2.01. The lowest BCUT2D eigenvalue weighted by molar-refractivity contribution is 0.151. The molecule has 22 heavy (non-hydrogen) atoms. The number of rotatable bonds is 7. The van der Waals surface area contributed by atoms with Gasteiger partial charge in [-0.2, -0.15) is 0 Å². The van der Waals surface area contributed by atoms with Gasteiger partial charge in [0.2, 0.25) is 5.43 Å². The third kappa shape index (κ3) is 4.32. The Morgan fingerprint density at radius 2 is 1.77 bits per heavy atom. The number of nitrogens with zero attached hydrogens (tertiary/aromatic N) is 2. The SMILES string of the molecule is O=c1cc(CN(CCO)CCO)n(C2CCCCC2)cc1O. The van der Waals surface area contributed by atoms with Crippen molar-refractivity contribution in [2.24, 2.45) is 0 Å². The maximum atomic E-state index is 11.8. The minimum atomic E-state index is -0.380. The Kier molecular flexibility index (Phi) is 6.42. The normalized spacial score (nSPS) is 16.3. The minimum absolute atomic E-state index is 0.00570. The van der Waals surface area contributed by atoms with Crippen LogP contribution >= 0.6 is 0 Å². The predicted octanol–water partition coefficient (Wildman–Crippen LogP) is 0.846. The number of aliphatic hydroxyl groups excluding tert-OH is 2. The molecule has 1 fully saturated rings. The van der Waals surface area contributed by atoms with Crippen LogP contribution < -0.4 is 5.43 Å². The molecule has 0 amide bonds. The van der Waals surface area contributed by atoms with Crippen LogP contribution in [0.2, 0.25) is 0 Å². The lowest BCUT2D eigenvalue weighted by atomic mass is 9.95. The fourth-order valence-electron chi connectivity index (χ4n) is 3.19. The Morgan fingerprint density at radius 3 is 2.36 bits per heavy atom. The van der Waals surface area contributed by atoms with Gasteiger partial charge in [0.15, 0.2) is 5.75 Å². The third-order valence-electron chi connectivity index (χ3n) is 4.33. The van der Waals surface area contributed by atoms with Gasteiger partial charge in [-0.15, -0.1) is 0 Å². The molecule has 0 saturated heterocycles. The van der Waals surface area contributed by atoms with E-state index in [0.717, 1.165) is 31.4 Å². The van der Waals surface area contributed by atoms with E-state index in [1.54, 1.807) is 6.20 Å². The summed E-state index contributed by atoms with van der Waals surface area (Å²) in [4.78, 5) is 13.7. The second-order valence-electron chi connectivity index (χ2n) is 5.94. The summed E-state index contributed by atoms with van der Waals surface area (Å²) in [5, 5.41) is 28.0. The molecule has 1 heterocycles. The summed E-state index contributed by atoms with van der Waals surface area (Å²) in [6, 6.07) is 1.78. The average molecular weight is 310 g/mol. The summed E-state index contributed by atoms with van der Waals surface area (Å²) >= 11 is 0. The van der Waals surface area contributed by atoms with Crippen molar-refractivity contribution in [3.05, 3.63) is 28.2 Å². The molecule has 0 radical (unpaired) electrons. The zero-order valence-electron chi connectivity index (χ0n) is 12.9. The minimum Gasteiger partial charge on any atom is -0.503 e. The van der Waals surface area contributed by atoms with Crippen molar-refractivity contribution in [2.75, 3.05) is 26.3 Å². The molecule has 3 N–H and O–H groups in total. The summed E-state index contributed by atoms with van der Waals surface area (Å²) in [5.74, 6) is -0.217. The van der Waals surface area contributed by atoms with E-state index in [4.69, 9.17) is 10.2 Å². The molecule has 1 aliphatic carbocycles. The van der Waals surface area contributed by atoms with Crippen LogP contribution in [0, 0.1) is 0 Å². The topological polar surface area (TPSA) is 85.9 Å². The first-order chi connectivity index (χ1) is 10.7. The molecule has 0 atom stereocenters. The molecule has 1 aromatic rings. The van der Waals surface area contributed by atoms with Gasteiger partial charge in [0, 0.05) is 37.4 Å². The van der Waals surface area contributed by atoms with E-state index in [1.807, 2.05) is 9.47 Å². The second kappa shape index (κ2) is 8.31. The van der Waals surface area contributed by atoms with Crippen LogP contribution in [0.3, 0.4) is 0 Å². The first-order valence-electron chi connectivity index (χ1n) is 8.03. The number of pyridine rings is 1. The van der Waals surface area contributed by atoms with Crippen molar-refractivity contribution >= 4 is 0 Å². The van der Waals surface area contributed by atoms with Crippen molar-refractivity contribution in [3.8, 4) is 5.75 Å². The highest BCUT2D eigenvalue weighted by Gasteiger charge is 2.19. The van der Waals surface area contributed by atoms with Crippen molar-refractivity contribution in [1.29, 1.82) is 0 Å². The largest absolute Gasteiger partial charge is 0.503 e. The van der Waals surface area contributed by atoms with E-state index in [0.29, 0.717) is 25.7 Å². The number of hydrogen-bond donors (Lipinski definition) is 3. The molecule has 2 rings (SSSR count). The maximum Gasteiger partial charge on any atom is 0.223 e. The van der Waals surface area contributed by atoms with Crippen molar-refractivity contribution in [2.45, 2.75) is 44.7 Å². The molecule has 1 aromatic heterocycles. The lowest BCUT2D eigenvalue weighted by Crippen LogP contribution is -2.32. The van der Waals surface area contributed by atoms with E-state index in [-0.39, 0.29) is 24.4 Å². The maximum absolute atomic E-state index is 11.8.